The third kappa shape index (κ3) is 33.4. The van der Waals surface area contributed by atoms with Gasteiger partial charge in [0.25, 0.3) is 5.91 Å². The molecule has 2 fully saturated rings. The molecule has 9 N–H and O–H groups in total. The topological polar surface area (TPSA) is 380 Å². The van der Waals surface area contributed by atoms with Gasteiger partial charge in [0.1, 0.15) is 60.5 Å². The van der Waals surface area contributed by atoms with Crippen LogP contribution in [0, 0.1) is 24.3 Å². The molecule has 2 aliphatic heterocycles. The first-order chi connectivity index (χ1) is 55.1. The number of ether oxygens (including phenoxy) is 4. The Morgan fingerprint density at radius 3 is 1.49 bits per heavy atom. The number of carboxylic acid groups (broad SMARTS) is 1. The second-order valence-corrected chi connectivity index (χ2v) is 31.3. The van der Waals surface area contributed by atoms with E-state index in [4.69, 9.17) is 35.7 Å². The van der Waals surface area contributed by atoms with Crippen molar-refractivity contribution in [3.8, 4) is 0 Å². The lowest BCUT2D eigenvalue weighted by atomic mass is 9.90. The number of nitrogens with zero attached hydrogens (tertiary/aromatic N) is 4. The molecular weight excluding hydrogens is 1530 g/mol. The van der Waals surface area contributed by atoms with Gasteiger partial charge in [-0.2, -0.15) is 13.2 Å². The van der Waals surface area contributed by atoms with Crippen molar-refractivity contribution in [3.05, 3.63) is 139 Å². The fraction of sp³-hybridized carbons (Fsp3) is 0.517. The van der Waals surface area contributed by atoms with Crippen LogP contribution in [0.3, 0.4) is 0 Å². The highest BCUT2D eigenvalue weighted by Gasteiger charge is 2.50. The van der Waals surface area contributed by atoms with Gasteiger partial charge in [0.15, 0.2) is 17.5 Å². The summed E-state index contributed by atoms with van der Waals surface area (Å²) in [5, 5.41) is 55.4. The molecule has 13 atom stereocenters. The Kier molecular flexibility index (Phi) is 41.5. The highest BCUT2D eigenvalue weighted by molar-refractivity contribution is 6.06. The fourth-order valence-electron chi connectivity index (χ4n) is 11.6. The maximum absolute atomic E-state index is 13.5. The number of aliphatic carboxylic acids is 1. The fourth-order valence-corrected chi connectivity index (χ4v) is 11.6. The molecule has 31 heteroatoms. The molecule has 0 bridgehead atoms. The van der Waals surface area contributed by atoms with E-state index in [1.807, 2.05) is 142 Å². The summed E-state index contributed by atoms with van der Waals surface area (Å²) in [7, 11) is 4.37. The number of nitrogens with one attached hydrogen (secondary N) is 5. The SMILES string of the molecule is CC(C)CCC=O.CC[C@@H](C)C(=O)N[C@@H]1C(=O)N2C(C(=O)Nc3cccc4ccccc34)CC[C@@H]2O[C@@H]1C.COC(C)CCC(CC(=O)[C@@H](NC(=O)[C@H](C)N(C)C(=O)OC(C)(C)C)[C@H](C)O)C(=O)Nc1cccc2ccccc12.C[C@@H](O)[C@H](NC(=O)[C@H](C)N(C)C(=O)OC(C)(C)C)C(=O)O.OCC(F)(F)F.[C-]#[N+]c1cccc2ccccc12. The summed E-state index contributed by atoms with van der Waals surface area (Å²) in [6, 6.07) is 34.5. The van der Waals surface area contributed by atoms with Gasteiger partial charge in [-0.25, -0.2) is 19.2 Å². The maximum atomic E-state index is 13.5. The van der Waals surface area contributed by atoms with E-state index in [2.05, 4.69) is 45.3 Å². The quantitative estimate of drug-likeness (QED) is 0.0180. The molecule has 0 spiro atoms. The number of carbonyl (C=O) groups is 11. The molecule has 0 aromatic heterocycles. The van der Waals surface area contributed by atoms with Crippen molar-refractivity contribution in [2.75, 3.05) is 38.4 Å². The van der Waals surface area contributed by atoms with Crippen molar-refractivity contribution in [2.45, 2.75) is 246 Å². The number of alkyl halides is 3. The summed E-state index contributed by atoms with van der Waals surface area (Å²) >= 11 is 0. The van der Waals surface area contributed by atoms with E-state index in [0.29, 0.717) is 49.4 Å². The minimum atomic E-state index is -4.40. The number of methoxy groups -OCH3 is 1. The van der Waals surface area contributed by atoms with Crippen LogP contribution in [0.1, 0.15) is 162 Å². The Hall–Kier alpha value is -10.7. The predicted octanol–water partition coefficient (Wildman–Crippen LogP) is 13.1. The average Bonchev–Trinajstić information content (AvgIpc) is 1.60. The number of halogens is 3. The Balaban J connectivity index is 0.000000409. The largest absolute Gasteiger partial charge is 0.480 e. The van der Waals surface area contributed by atoms with Crippen LogP contribution < -0.4 is 26.6 Å². The molecule has 6 aromatic carbocycles. The Bertz CT molecular complexity index is 4330. The van der Waals surface area contributed by atoms with E-state index >= 15 is 0 Å². The first-order valence-corrected chi connectivity index (χ1v) is 39.1. The number of carbonyl (C=O) groups excluding carboxylic acids is 10. The second kappa shape index (κ2) is 48.3. The van der Waals surface area contributed by atoms with Gasteiger partial charge in [-0.15, -0.1) is 0 Å². The van der Waals surface area contributed by atoms with Crippen molar-refractivity contribution in [1.82, 2.24) is 30.7 Å². The molecule has 8 rings (SSSR count). The minimum absolute atomic E-state index is 0.130. The van der Waals surface area contributed by atoms with Crippen LogP contribution in [0.15, 0.2) is 127 Å². The predicted molar refractivity (Wildman–Crippen MR) is 445 cm³/mol. The number of rotatable bonds is 26. The van der Waals surface area contributed by atoms with E-state index in [1.165, 1.54) is 46.7 Å². The standard InChI is InChI=1S/C31H45N3O7.C24H29N3O4.C13H24N2O6.C11H7N.C6H12O.C2H3F3O/c1-19(40-8)16-17-23(29(38)32-25-15-11-13-22-12-9-10-14-24(22)25)18-26(36)27(21(3)35)33-28(37)20(2)34(7)30(39)41-31(4,5)6;1-4-14(2)22(28)26-21-15(3)31-20-13-12-19(27(20)24(21)30)23(29)25-18-11-7-9-16-8-5-6-10-17(16)18;1-7(15(6)12(20)21-13(3,4)5)10(17)14-9(8(2)16)11(18)19;1-12-11-8-4-6-9-5-2-3-7-10(9)11;1-6(2)4-3-5-7;3-2(4,5)1-6/h9-15,19-21,23,27,35H,16-18H2,1-8H3,(H,32,38)(H,33,37);5-11,14-15,19-21H,4,12-13H2,1-3H3,(H,25,29)(H,26,28);7-9,16H,1-6H3,(H,14,17)(H,18,19);2-8H;5-6H,3-4H2,1-2H3;6H,1H2/t19?,20-,21-,23?,27-;14-,15-,19?,20+,21+;7-,8+,9-;;;/m010.../s1. The molecule has 2 aliphatic rings. The summed E-state index contributed by atoms with van der Waals surface area (Å²) in [4.78, 5) is 143. The molecular formula is C87H120F3N9O19. The van der Waals surface area contributed by atoms with Gasteiger partial charge in [-0.1, -0.05) is 143 Å². The lowest BCUT2D eigenvalue weighted by Gasteiger charge is -2.41. The van der Waals surface area contributed by atoms with Gasteiger partial charge < -0.3 is 75.7 Å². The number of amides is 8. The summed E-state index contributed by atoms with van der Waals surface area (Å²) in [5.74, 6) is -4.45. The van der Waals surface area contributed by atoms with E-state index < -0.39 is 126 Å². The van der Waals surface area contributed by atoms with Gasteiger partial charge in [-0.3, -0.25) is 43.4 Å². The molecule has 2 heterocycles. The van der Waals surface area contributed by atoms with Gasteiger partial charge >= 0.3 is 24.3 Å². The third-order valence-corrected chi connectivity index (χ3v) is 19.0. The van der Waals surface area contributed by atoms with Crippen LogP contribution in [0.2, 0.25) is 0 Å². The molecule has 3 unspecified atom stereocenters. The van der Waals surface area contributed by atoms with Crippen LogP contribution >= 0.6 is 0 Å². The number of benzene rings is 6. The Morgan fingerprint density at radius 1 is 0.636 bits per heavy atom. The number of aliphatic hydroxyl groups excluding tert-OH is 3. The number of fused-ring (bicyclic) bond motifs is 4. The van der Waals surface area contributed by atoms with Gasteiger partial charge in [0.2, 0.25) is 29.5 Å². The number of anilines is 2. The molecule has 2 saturated heterocycles. The van der Waals surface area contributed by atoms with Crippen molar-refractivity contribution in [2.24, 2.45) is 17.8 Å². The Labute approximate surface area is 689 Å². The minimum Gasteiger partial charge on any atom is -0.480 e. The lowest BCUT2D eigenvalue weighted by Crippen LogP contribution is -2.64. The number of aliphatic hydroxyl groups is 3. The van der Waals surface area contributed by atoms with E-state index in [-0.39, 0.29) is 42.1 Å². The number of carboxylic acids is 1. The summed E-state index contributed by atoms with van der Waals surface area (Å²) in [6.45, 7) is 32.7. The maximum Gasteiger partial charge on any atom is 0.411 e. The van der Waals surface area contributed by atoms with Gasteiger partial charge in [0, 0.05) is 68.0 Å². The molecule has 6 aromatic rings. The van der Waals surface area contributed by atoms with Crippen molar-refractivity contribution >= 4 is 115 Å². The van der Waals surface area contributed by atoms with Crippen LogP contribution in [0.4, 0.5) is 39.8 Å². The highest BCUT2D eigenvalue weighted by Crippen LogP contribution is 2.34. The van der Waals surface area contributed by atoms with Crippen LogP contribution in [-0.2, 0) is 62.1 Å². The molecule has 28 nitrogen and oxygen atoms in total. The smallest absolute Gasteiger partial charge is 0.411 e. The lowest BCUT2D eigenvalue weighted by molar-refractivity contribution is -0.178. The summed E-state index contributed by atoms with van der Waals surface area (Å²) < 4.78 is 53.4. The highest BCUT2D eigenvalue weighted by atomic mass is 19.4. The Morgan fingerprint density at radius 2 is 1.08 bits per heavy atom. The van der Waals surface area contributed by atoms with Crippen LogP contribution in [0.5, 0.6) is 0 Å². The van der Waals surface area contributed by atoms with Crippen molar-refractivity contribution in [3.63, 3.8) is 0 Å². The monoisotopic (exact) mass is 1650 g/mol. The number of ketones is 1. The van der Waals surface area contributed by atoms with E-state index in [1.54, 1.807) is 61.6 Å². The van der Waals surface area contributed by atoms with Crippen LogP contribution in [0.25, 0.3) is 37.2 Å². The van der Waals surface area contributed by atoms with Crippen molar-refractivity contribution in [1.29, 1.82) is 0 Å². The van der Waals surface area contributed by atoms with E-state index in [9.17, 15) is 76.1 Å². The normalized spacial score (nSPS) is 17.2. The zero-order valence-corrected chi connectivity index (χ0v) is 71.0. The molecule has 118 heavy (non-hydrogen) atoms. The van der Waals surface area contributed by atoms with Gasteiger partial charge in [0.05, 0.1) is 31.0 Å². The van der Waals surface area contributed by atoms with Crippen molar-refractivity contribution < 1.29 is 105 Å². The van der Waals surface area contributed by atoms with Gasteiger partial charge in [-0.05, 0) is 161 Å². The summed E-state index contributed by atoms with van der Waals surface area (Å²) in [6.07, 6.45) is -4.11. The first kappa shape index (κ1) is 102. The molecule has 0 radical (unpaired) electrons. The second-order valence-electron chi connectivity index (χ2n) is 31.3. The van der Waals surface area contributed by atoms with Crippen LogP contribution in [-0.4, -0.2) is 213 Å². The zero-order valence-electron chi connectivity index (χ0n) is 71.0. The van der Waals surface area contributed by atoms with E-state index in [0.717, 1.165) is 66.9 Å². The number of hydrogen-bond donors (Lipinski definition) is 9. The molecule has 0 saturated carbocycles. The number of aldehydes is 1. The number of likely N-dealkylation sites (N-methyl/N-ethyl adjacent to an activating group) is 2. The summed E-state index contributed by atoms with van der Waals surface area (Å²) in [5.41, 5.74) is 0.622. The third-order valence-electron chi connectivity index (χ3n) is 19.0. The average molecular weight is 1650 g/mol. The first-order valence-electron chi connectivity index (χ1n) is 39.1. The number of Topliss-reactive ketones (excluding diaryl/α,β-unsaturated/α-hetero) is 1. The number of hydrogen-bond acceptors (Lipinski definition) is 18. The molecule has 0 aliphatic carbocycles. The molecule has 648 valence electrons. The molecule has 8 amide bonds. The zero-order chi connectivity index (χ0) is 89.3.